The van der Waals surface area contributed by atoms with Crippen LogP contribution in [0.15, 0.2) is 18.2 Å². The monoisotopic (exact) mass is 249 g/mol. The molecule has 3 N–H and O–H groups in total. The van der Waals surface area contributed by atoms with E-state index < -0.39 is 29.5 Å². The van der Waals surface area contributed by atoms with Crippen molar-refractivity contribution < 1.29 is 28.2 Å². The van der Waals surface area contributed by atoms with Crippen molar-refractivity contribution >= 4 is 5.78 Å². The lowest BCUT2D eigenvalue weighted by Crippen LogP contribution is -2.46. The molecule has 1 rings (SSSR count). The zero-order chi connectivity index (χ0) is 13.2. The largest absolute Gasteiger partial charge is 0.504 e. The fourth-order valence-electron chi connectivity index (χ4n) is 1.29. The van der Waals surface area contributed by atoms with E-state index in [1.807, 2.05) is 5.32 Å². The second kappa shape index (κ2) is 4.62. The van der Waals surface area contributed by atoms with Gasteiger partial charge in [0.15, 0.2) is 23.3 Å². The summed E-state index contributed by atoms with van der Waals surface area (Å²) in [5, 5.41) is 19.9. The number of likely N-dealkylation sites (N-methyl/N-ethyl adjacent to an activating group) is 1. The average molecular weight is 249 g/mol. The van der Waals surface area contributed by atoms with Gasteiger partial charge in [-0.25, -0.2) is 0 Å². The summed E-state index contributed by atoms with van der Waals surface area (Å²) in [6, 6.07) is 0.402. The van der Waals surface area contributed by atoms with Gasteiger partial charge in [0, 0.05) is 5.56 Å². The fourth-order valence-corrected chi connectivity index (χ4v) is 1.29. The maximum absolute atomic E-state index is 12.4. The van der Waals surface area contributed by atoms with Gasteiger partial charge in [-0.1, -0.05) is 0 Å². The maximum atomic E-state index is 12.4. The smallest absolute Gasteiger partial charge is 0.411 e. The predicted molar refractivity (Wildman–Crippen MR) is 53.0 cm³/mol. The summed E-state index contributed by atoms with van der Waals surface area (Å²) in [5.41, 5.74) is -0.336. The zero-order valence-corrected chi connectivity index (χ0v) is 8.75. The highest BCUT2D eigenvalue weighted by Gasteiger charge is 2.44. The Hall–Kier alpha value is -1.76. The van der Waals surface area contributed by atoms with Crippen molar-refractivity contribution in [1.29, 1.82) is 0 Å². The van der Waals surface area contributed by atoms with Crippen molar-refractivity contribution in [3.05, 3.63) is 23.8 Å². The number of ketones is 1. The minimum absolute atomic E-state index is 0.336. The molecule has 0 aliphatic heterocycles. The number of alkyl halides is 3. The number of hydrogen-bond acceptors (Lipinski definition) is 4. The minimum atomic E-state index is -4.72. The van der Waals surface area contributed by atoms with Crippen LogP contribution in [0.1, 0.15) is 10.4 Å². The van der Waals surface area contributed by atoms with Gasteiger partial charge in [-0.2, -0.15) is 13.2 Å². The molecule has 0 spiro atoms. The number of rotatable bonds is 3. The van der Waals surface area contributed by atoms with E-state index in [1.54, 1.807) is 0 Å². The highest BCUT2D eigenvalue weighted by Crippen LogP contribution is 2.28. The topological polar surface area (TPSA) is 69.6 Å². The first-order valence-corrected chi connectivity index (χ1v) is 4.57. The first-order chi connectivity index (χ1) is 7.77. The number of benzene rings is 1. The van der Waals surface area contributed by atoms with Crippen LogP contribution >= 0.6 is 0 Å². The van der Waals surface area contributed by atoms with Crippen LogP contribution in [0.25, 0.3) is 0 Å². The van der Waals surface area contributed by atoms with Crippen LogP contribution in [-0.4, -0.2) is 35.3 Å². The number of Topliss-reactive ketones (excluding diaryl/α,β-unsaturated/α-hetero) is 1. The first-order valence-electron chi connectivity index (χ1n) is 4.57. The Morgan fingerprint density at radius 1 is 1.29 bits per heavy atom. The summed E-state index contributed by atoms with van der Waals surface area (Å²) in [6.45, 7) is 0. The third-order valence-corrected chi connectivity index (χ3v) is 2.14. The van der Waals surface area contributed by atoms with E-state index in [1.165, 1.54) is 0 Å². The van der Waals surface area contributed by atoms with Crippen LogP contribution in [0.5, 0.6) is 11.5 Å². The summed E-state index contributed by atoms with van der Waals surface area (Å²) in [4.78, 5) is 11.5. The van der Waals surface area contributed by atoms with E-state index in [0.29, 0.717) is 0 Å². The molecule has 0 heterocycles. The molecule has 7 heteroatoms. The molecule has 1 aromatic carbocycles. The van der Waals surface area contributed by atoms with Crippen molar-refractivity contribution in [2.45, 2.75) is 12.2 Å². The van der Waals surface area contributed by atoms with Gasteiger partial charge in [0.1, 0.15) is 0 Å². The molecule has 1 aromatic rings. The van der Waals surface area contributed by atoms with Crippen LogP contribution in [0.3, 0.4) is 0 Å². The Balaban J connectivity index is 3.07. The fraction of sp³-hybridized carbons (Fsp3) is 0.300. The molecule has 0 amide bonds. The van der Waals surface area contributed by atoms with Gasteiger partial charge in [-0.05, 0) is 25.2 Å². The molecule has 0 aliphatic rings. The summed E-state index contributed by atoms with van der Waals surface area (Å²) in [7, 11) is 1.01. The Labute approximate surface area is 94.7 Å². The summed E-state index contributed by atoms with van der Waals surface area (Å²) in [6.07, 6.45) is -4.72. The number of phenols is 2. The first kappa shape index (κ1) is 13.3. The maximum Gasteiger partial charge on any atom is 0.411 e. The Morgan fingerprint density at radius 2 is 1.88 bits per heavy atom. The van der Waals surface area contributed by atoms with E-state index >= 15 is 0 Å². The lowest BCUT2D eigenvalue weighted by atomic mass is 10.0. The number of phenolic OH excluding ortho intramolecular Hbond substituents is 2. The van der Waals surface area contributed by atoms with Crippen molar-refractivity contribution in [3.63, 3.8) is 0 Å². The average Bonchev–Trinajstić information content (AvgIpc) is 2.20. The molecule has 1 unspecified atom stereocenters. The van der Waals surface area contributed by atoms with Gasteiger partial charge >= 0.3 is 6.18 Å². The van der Waals surface area contributed by atoms with Crippen LogP contribution in [0, 0.1) is 0 Å². The molecule has 0 saturated heterocycles. The third kappa shape index (κ3) is 2.88. The van der Waals surface area contributed by atoms with E-state index in [0.717, 1.165) is 25.2 Å². The summed E-state index contributed by atoms with van der Waals surface area (Å²) >= 11 is 0. The van der Waals surface area contributed by atoms with E-state index in [-0.39, 0.29) is 5.56 Å². The number of aromatic hydroxyl groups is 2. The second-order valence-electron chi connectivity index (χ2n) is 3.33. The Morgan fingerprint density at radius 3 is 2.29 bits per heavy atom. The third-order valence-electron chi connectivity index (χ3n) is 2.14. The lowest BCUT2D eigenvalue weighted by Gasteiger charge is -2.18. The van der Waals surface area contributed by atoms with Gasteiger partial charge in [0.05, 0.1) is 0 Å². The number of halogens is 3. The molecular formula is C10H10F3NO3. The molecule has 0 aliphatic carbocycles. The number of hydrogen-bond donors (Lipinski definition) is 3. The Kier molecular flexibility index (Phi) is 3.62. The number of nitrogens with one attached hydrogen (secondary N) is 1. The molecule has 0 bridgehead atoms. The van der Waals surface area contributed by atoms with E-state index in [9.17, 15) is 18.0 Å². The molecule has 0 fully saturated rings. The van der Waals surface area contributed by atoms with Crippen molar-refractivity contribution in [1.82, 2.24) is 5.32 Å². The van der Waals surface area contributed by atoms with Gasteiger partial charge in [-0.15, -0.1) is 0 Å². The van der Waals surface area contributed by atoms with Crippen LogP contribution in [0.4, 0.5) is 13.2 Å². The molecule has 94 valence electrons. The molecule has 4 nitrogen and oxygen atoms in total. The molecule has 17 heavy (non-hydrogen) atoms. The SMILES string of the molecule is CNC(C(=O)c1ccc(O)c(O)c1)C(F)(F)F. The van der Waals surface area contributed by atoms with Crippen molar-refractivity contribution in [2.75, 3.05) is 7.05 Å². The van der Waals surface area contributed by atoms with Crippen LogP contribution < -0.4 is 5.32 Å². The summed E-state index contributed by atoms with van der Waals surface area (Å²) in [5.74, 6) is -2.38. The van der Waals surface area contributed by atoms with Gasteiger partial charge < -0.3 is 15.5 Å². The summed E-state index contributed by atoms with van der Waals surface area (Å²) < 4.78 is 37.3. The Bertz CT molecular complexity index is 431. The van der Waals surface area contributed by atoms with Crippen molar-refractivity contribution in [2.24, 2.45) is 0 Å². The highest BCUT2D eigenvalue weighted by molar-refractivity contribution is 6.01. The standard InChI is InChI=1S/C10H10F3NO3/c1-14-9(10(11,12)13)8(17)5-2-3-6(15)7(16)4-5/h2-4,9,14-16H,1H3. The number of carbonyl (C=O) groups is 1. The van der Waals surface area contributed by atoms with E-state index in [4.69, 9.17) is 10.2 Å². The van der Waals surface area contributed by atoms with Crippen molar-refractivity contribution in [3.8, 4) is 11.5 Å². The predicted octanol–water partition coefficient (Wildman–Crippen LogP) is 1.43. The molecule has 0 radical (unpaired) electrons. The van der Waals surface area contributed by atoms with Crippen LogP contribution in [-0.2, 0) is 0 Å². The molecular weight excluding hydrogens is 239 g/mol. The van der Waals surface area contributed by atoms with Crippen LogP contribution in [0.2, 0.25) is 0 Å². The normalized spacial score (nSPS) is 13.4. The molecule has 0 saturated carbocycles. The quantitative estimate of drug-likeness (QED) is 0.560. The van der Waals surface area contributed by atoms with E-state index in [2.05, 4.69) is 0 Å². The second-order valence-corrected chi connectivity index (χ2v) is 3.33. The molecule has 0 aromatic heterocycles. The lowest BCUT2D eigenvalue weighted by molar-refractivity contribution is -0.143. The van der Waals surface area contributed by atoms with Gasteiger partial charge in [0.25, 0.3) is 0 Å². The van der Waals surface area contributed by atoms with Gasteiger partial charge in [0.2, 0.25) is 0 Å². The highest BCUT2D eigenvalue weighted by atomic mass is 19.4. The zero-order valence-electron chi connectivity index (χ0n) is 8.75. The number of carbonyl (C=O) groups excluding carboxylic acids is 1. The van der Waals surface area contributed by atoms with Gasteiger partial charge in [-0.3, -0.25) is 4.79 Å². The minimum Gasteiger partial charge on any atom is -0.504 e. The molecule has 1 atom stereocenters.